The molecule has 0 aromatic heterocycles. The van der Waals surface area contributed by atoms with E-state index in [1.807, 2.05) is 0 Å². The Bertz CT molecular complexity index is 100. The molecule has 0 bridgehead atoms. The molecule has 0 saturated heterocycles. The van der Waals surface area contributed by atoms with Crippen LogP contribution in [0.15, 0.2) is 12.2 Å². The number of halogens is 5. The van der Waals surface area contributed by atoms with Crippen LogP contribution in [0.2, 0.25) is 0 Å². The Balaban J connectivity index is 3.71. The zero-order chi connectivity index (χ0) is 7.49. The molecule has 0 spiro atoms. The second-order valence-corrected chi connectivity index (χ2v) is 1.24. The van der Waals surface area contributed by atoms with Gasteiger partial charge in [0.2, 0.25) is 0 Å². The molecule has 0 unspecified atom stereocenters. The fraction of sp³-hybridized carbons (Fsp3) is 0.500. The van der Waals surface area contributed by atoms with Crippen molar-refractivity contribution in [3.63, 3.8) is 0 Å². The Hall–Kier alpha value is -0.610. The Kier molecular flexibility index (Phi) is 2.61. The maximum Gasteiger partial charge on any atom is 0.409 e. The molecule has 0 fully saturated rings. The van der Waals surface area contributed by atoms with Crippen LogP contribution in [-0.4, -0.2) is 12.6 Å². The summed E-state index contributed by atoms with van der Waals surface area (Å²) in [6.45, 7) is 0. The smallest absolute Gasteiger partial charge is 0.206 e. The van der Waals surface area contributed by atoms with Crippen LogP contribution in [0.1, 0.15) is 0 Å². The van der Waals surface area contributed by atoms with E-state index in [0.29, 0.717) is 0 Å². The molecule has 0 radical (unpaired) electrons. The van der Waals surface area contributed by atoms with Crippen LogP contribution in [0.4, 0.5) is 22.0 Å². The summed E-state index contributed by atoms with van der Waals surface area (Å²) in [6, 6.07) is 0. The van der Waals surface area contributed by atoms with E-state index in [1.54, 1.807) is 0 Å². The lowest BCUT2D eigenvalue weighted by molar-refractivity contribution is -0.0807. The standard InChI is InChI=1S/C4H3F5/c5-3(6)1-2-4(7,8)9/h1-3H/b2-1-. The molecule has 54 valence electrons. The van der Waals surface area contributed by atoms with Gasteiger partial charge in [0.25, 0.3) is 6.43 Å². The Morgan fingerprint density at radius 1 is 1.11 bits per heavy atom. The summed E-state index contributed by atoms with van der Waals surface area (Å²) < 4.78 is 54.9. The average molecular weight is 146 g/mol. The number of hydrogen-bond acceptors (Lipinski definition) is 0. The lowest BCUT2D eigenvalue weighted by Gasteiger charge is -1.95. The summed E-state index contributed by atoms with van der Waals surface area (Å²) >= 11 is 0. The van der Waals surface area contributed by atoms with Gasteiger partial charge in [0.1, 0.15) is 0 Å². The second kappa shape index (κ2) is 2.80. The number of alkyl halides is 5. The third kappa shape index (κ3) is 7.39. The quantitative estimate of drug-likeness (QED) is 0.393. The molecule has 0 aliphatic carbocycles. The molecule has 0 amide bonds. The van der Waals surface area contributed by atoms with Crippen molar-refractivity contribution < 1.29 is 22.0 Å². The van der Waals surface area contributed by atoms with E-state index < -0.39 is 18.7 Å². The van der Waals surface area contributed by atoms with Crippen molar-refractivity contribution in [2.24, 2.45) is 0 Å². The van der Waals surface area contributed by atoms with Gasteiger partial charge in [0.15, 0.2) is 0 Å². The lowest BCUT2D eigenvalue weighted by atomic mass is 10.5. The largest absolute Gasteiger partial charge is 0.409 e. The molecule has 0 aliphatic rings. The topological polar surface area (TPSA) is 0 Å². The normalized spacial score (nSPS) is 13.6. The molecule has 9 heavy (non-hydrogen) atoms. The SMILES string of the molecule is FC(F)/C=C\C(F)(F)F. The third-order valence-corrected chi connectivity index (χ3v) is 0.431. The van der Waals surface area contributed by atoms with Crippen molar-refractivity contribution >= 4 is 0 Å². The highest BCUT2D eigenvalue weighted by Gasteiger charge is 2.22. The molecule has 0 saturated carbocycles. The summed E-state index contributed by atoms with van der Waals surface area (Å²) in [5.74, 6) is 0. The monoisotopic (exact) mass is 146 g/mol. The number of hydrogen-bond donors (Lipinski definition) is 0. The van der Waals surface area contributed by atoms with Crippen molar-refractivity contribution in [3.05, 3.63) is 12.2 Å². The van der Waals surface area contributed by atoms with Crippen molar-refractivity contribution in [2.45, 2.75) is 12.6 Å². The molecular weight excluding hydrogens is 143 g/mol. The summed E-state index contributed by atoms with van der Waals surface area (Å²) in [6.07, 6.45) is -8.36. The maximum atomic E-state index is 11.0. The lowest BCUT2D eigenvalue weighted by Crippen LogP contribution is -2.01. The number of rotatable bonds is 1. The van der Waals surface area contributed by atoms with Gasteiger partial charge in [-0.25, -0.2) is 8.78 Å². The van der Waals surface area contributed by atoms with Crippen molar-refractivity contribution in [1.82, 2.24) is 0 Å². The summed E-state index contributed by atoms with van der Waals surface area (Å²) in [7, 11) is 0. The van der Waals surface area contributed by atoms with Crippen LogP contribution in [-0.2, 0) is 0 Å². The fourth-order valence-corrected chi connectivity index (χ4v) is 0.182. The zero-order valence-electron chi connectivity index (χ0n) is 4.12. The van der Waals surface area contributed by atoms with Crippen LogP contribution in [0.5, 0.6) is 0 Å². The molecule has 0 atom stereocenters. The van der Waals surface area contributed by atoms with Gasteiger partial charge in [-0.2, -0.15) is 13.2 Å². The second-order valence-electron chi connectivity index (χ2n) is 1.24. The highest BCUT2D eigenvalue weighted by molar-refractivity contribution is 4.90. The van der Waals surface area contributed by atoms with E-state index in [0.717, 1.165) is 0 Å². The van der Waals surface area contributed by atoms with Crippen molar-refractivity contribution in [2.75, 3.05) is 0 Å². The number of allylic oxidation sites excluding steroid dienone is 2. The first-order valence-electron chi connectivity index (χ1n) is 1.96. The van der Waals surface area contributed by atoms with Gasteiger partial charge in [-0.15, -0.1) is 0 Å². The Morgan fingerprint density at radius 3 is 1.67 bits per heavy atom. The van der Waals surface area contributed by atoms with Gasteiger partial charge in [0, 0.05) is 6.08 Å². The van der Waals surface area contributed by atoms with Crippen LogP contribution in [0.3, 0.4) is 0 Å². The maximum absolute atomic E-state index is 11.0. The van der Waals surface area contributed by atoms with E-state index in [4.69, 9.17) is 0 Å². The predicted molar refractivity (Wildman–Crippen MR) is 21.2 cm³/mol. The first-order chi connectivity index (χ1) is 3.92. The fourth-order valence-electron chi connectivity index (χ4n) is 0.182. The zero-order valence-corrected chi connectivity index (χ0v) is 4.12. The highest BCUT2D eigenvalue weighted by atomic mass is 19.4. The van der Waals surface area contributed by atoms with Crippen LogP contribution < -0.4 is 0 Å². The van der Waals surface area contributed by atoms with E-state index in [2.05, 4.69) is 0 Å². The minimum Gasteiger partial charge on any atom is -0.206 e. The Morgan fingerprint density at radius 2 is 1.56 bits per heavy atom. The minimum absolute atomic E-state index is 0.208. The van der Waals surface area contributed by atoms with E-state index in [9.17, 15) is 22.0 Å². The van der Waals surface area contributed by atoms with Crippen LogP contribution in [0.25, 0.3) is 0 Å². The molecule has 0 rings (SSSR count). The van der Waals surface area contributed by atoms with E-state index in [-0.39, 0.29) is 6.08 Å². The molecule has 0 N–H and O–H groups in total. The van der Waals surface area contributed by atoms with E-state index >= 15 is 0 Å². The average Bonchev–Trinajstić information content (AvgIpc) is 1.59. The summed E-state index contributed by atoms with van der Waals surface area (Å²) in [5.41, 5.74) is 0. The van der Waals surface area contributed by atoms with Gasteiger partial charge in [-0.05, 0) is 6.08 Å². The van der Waals surface area contributed by atoms with Crippen LogP contribution >= 0.6 is 0 Å². The first kappa shape index (κ1) is 8.39. The molecule has 0 aromatic rings. The molecule has 0 heterocycles. The molecule has 5 heteroatoms. The Labute approximate surface area is 48.0 Å². The summed E-state index contributed by atoms with van der Waals surface area (Å²) in [5, 5.41) is 0. The van der Waals surface area contributed by atoms with E-state index in [1.165, 1.54) is 0 Å². The van der Waals surface area contributed by atoms with Gasteiger partial charge in [-0.3, -0.25) is 0 Å². The van der Waals surface area contributed by atoms with Gasteiger partial charge in [-0.1, -0.05) is 0 Å². The van der Waals surface area contributed by atoms with Crippen molar-refractivity contribution in [3.8, 4) is 0 Å². The highest BCUT2D eigenvalue weighted by Crippen LogP contribution is 2.16. The molecule has 0 aliphatic heterocycles. The molecule has 0 aromatic carbocycles. The van der Waals surface area contributed by atoms with Gasteiger partial charge in [0.05, 0.1) is 0 Å². The first-order valence-corrected chi connectivity index (χ1v) is 1.96. The minimum atomic E-state index is -4.63. The third-order valence-electron chi connectivity index (χ3n) is 0.431. The molecular formula is C4H3F5. The predicted octanol–water partition coefficient (Wildman–Crippen LogP) is 2.37. The molecule has 0 nitrogen and oxygen atoms in total. The summed E-state index contributed by atoms with van der Waals surface area (Å²) in [4.78, 5) is 0. The van der Waals surface area contributed by atoms with Gasteiger partial charge >= 0.3 is 6.18 Å². The van der Waals surface area contributed by atoms with Crippen molar-refractivity contribution in [1.29, 1.82) is 0 Å². The van der Waals surface area contributed by atoms with Crippen LogP contribution in [0, 0.1) is 0 Å². The van der Waals surface area contributed by atoms with Gasteiger partial charge < -0.3 is 0 Å².